The van der Waals surface area contributed by atoms with Gasteiger partial charge in [-0.2, -0.15) is 0 Å². The van der Waals surface area contributed by atoms with Crippen molar-refractivity contribution < 1.29 is 10.1 Å². The van der Waals surface area contributed by atoms with E-state index in [4.69, 9.17) is 5.26 Å². The minimum atomic E-state index is -0.147. The van der Waals surface area contributed by atoms with E-state index in [1.807, 2.05) is 30.3 Å². The summed E-state index contributed by atoms with van der Waals surface area (Å²) in [6, 6.07) is 10.1. The lowest BCUT2D eigenvalue weighted by Gasteiger charge is -2.21. The summed E-state index contributed by atoms with van der Waals surface area (Å²) in [4.78, 5) is 4.49. The van der Waals surface area contributed by atoms with Crippen LogP contribution in [0.1, 0.15) is 24.8 Å². The van der Waals surface area contributed by atoms with Crippen molar-refractivity contribution in [1.82, 2.24) is 0 Å². The molecule has 1 aliphatic rings. The van der Waals surface area contributed by atoms with E-state index in [1.54, 1.807) is 0 Å². The summed E-state index contributed by atoms with van der Waals surface area (Å²) >= 11 is 0. The van der Waals surface area contributed by atoms with Crippen LogP contribution in [-0.4, -0.2) is 11.4 Å². The molecule has 0 saturated carbocycles. The van der Waals surface area contributed by atoms with Gasteiger partial charge in [0.2, 0.25) is 0 Å². The quantitative estimate of drug-likeness (QED) is 0.573. The number of rotatable bonds is 2. The summed E-state index contributed by atoms with van der Waals surface area (Å²) in [5.74, 6) is 0. The molecule has 74 valence electrons. The van der Waals surface area contributed by atoms with E-state index < -0.39 is 0 Å². The van der Waals surface area contributed by atoms with Crippen LogP contribution in [0, 0.1) is 0 Å². The minimum Gasteiger partial charge on any atom is -0.251 e. The zero-order valence-electron chi connectivity index (χ0n) is 8.02. The smallest absolute Gasteiger partial charge is 0.118 e. The van der Waals surface area contributed by atoms with Crippen LogP contribution in [0.5, 0.6) is 0 Å². The lowest BCUT2D eigenvalue weighted by atomic mass is 9.91. The largest absolute Gasteiger partial charge is 0.251 e. The molecule has 2 heteroatoms. The first kappa shape index (κ1) is 9.44. The van der Waals surface area contributed by atoms with E-state index in [1.165, 1.54) is 0 Å². The fraction of sp³-hybridized carbons (Fsp3) is 0.333. The first-order valence-electron chi connectivity index (χ1n) is 4.97. The fourth-order valence-corrected chi connectivity index (χ4v) is 1.89. The topological polar surface area (TPSA) is 29.5 Å². The normalized spacial score (nSPS) is 21.8. The first-order chi connectivity index (χ1) is 6.92. The molecule has 0 aromatic heterocycles. The molecule has 14 heavy (non-hydrogen) atoms. The fourth-order valence-electron chi connectivity index (χ4n) is 1.89. The Morgan fingerprint density at radius 1 is 1.21 bits per heavy atom. The third-order valence-electron chi connectivity index (χ3n) is 2.62. The number of allylic oxidation sites excluding steroid dienone is 1. The summed E-state index contributed by atoms with van der Waals surface area (Å²) in [5, 5.41) is 8.78. The first-order valence-corrected chi connectivity index (χ1v) is 4.97. The summed E-state index contributed by atoms with van der Waals surface area (Å²) in [7, 11) is 0. The molecule has 0 amide bonds. The Hall–Kier alpha value is -1.12. The standard InChI is InChI=1S/C12H14O2/c13-14-12-9-5-4-8-11(12)10-6-2-1-3-7-10/h1-3,6-8,12-13H,4-5,9H2. The van der Waals surface area contributed by atoms with E-state index in [2.05, 4.69) is 11.0 Å². The molecule has 0 fully saturated rings. The van der Waals surface area contributed by atoms with Crippen LogP contribution in [0.2, 0.25) is 0 Å². The Morgan fingerprint density at radius 2 is 2.00 bits per heavy atom. The van der Waals surface area contributed by atoms with Crippen molar-refractivity contribution in [2.24, 2.45) is 0 Å². The molecule has 1 unspecified atom stereocenters. The van der Waals surface area contributed by atoms with Gasteiger partial charge in [0.25, 0.3) is 0 Å². The molecule has 1 aliphatic carbocycles. The minimum absolute atomic E-state index is 0.147. The van der Waals surface area contributed by atoms with Gasteiger partial charge in [0.1, 0.15) is 6.10 Å². The van der Waals surface area contributed by atoms with Gasteiger partial charge in [-0.3, -0.25) is 5.26 Å². The van der Waals surface area contributed by atoms with Gasteiger partial charge >= 0.3 is 0 Å². The monoisotopic (exact) mass is 190 g/mol. The Kier molecular flexibility index (Phi) is 2.96. The third-order valence-corrected chi connectivity index (χ3v) is 2.62. The van der Waals surface area contributed by atoms with Crippen molar-refractivity contribution in [3.63, 3.8) is 0 Å². The van der Waals surface area contributed by atoms with Gasteiger partial charge in [-0.1, -0.05) is 36.4 Å². The molecular weight excluding hydrogens is 176 g/mol. The summed E-state index contributed by atoms with van der Waals surface area (Å²) < 4.78 is 0. The number of hydrogen-bond acceptors (Lipinski definition) is 2. The summed E-state index contributed by atoms with van der Waals surface area (Å²) in [6.07, 6.45) is 5.06. The van der Waals surface area contributed by atoms with Crippen LogP contribution >= 0.6 is 0 Å². The SMILES string of the molecule is OOC1CCCC=C1c1ccccc1. The Bertz CT molecular complexity index is 316. The zero-order valence-corrected chi connectivity index (χ0v) is 8.02. The van der Waals surface area contributed by atoms with Gasteiger partial charge in [-0.25, -0.2) is 4.89 Å². The molecule has 0 bridgehead atoms. The molecule has 2 nitrogen and oxygen atoms in total. The van der Waals surface area contributed by atoms with Gasteiger partial charge in [0, 0.05) is 0 Å². The maximum atomic E-state index is 8.78. The highest BCUT2D eigenvalue weighted by Gasteiger charge is 2.19. The molecule has 0 heterocycles. The molecule has 0 aliphatic heterocycles. The second kappa shape index (κ2) is 4.40. The highest BCUT2D eigenvalue weighted by molar-refractivity contribution is 5.69. The molecule has 1 N–H and O–H groups in total. The molecular formula is C12H14O2. The Labute approximate surface area is 83.8 Å². The van der Waals surface area contributed by atoms with Gasteiger partial charge in [-0.05, 0) is 30.4 Å². The van der Waals surface area contributed by atoms with Crippen LogP contribution < -0.4 is 0 Å². The summed E-state index contributed by atoms with van der Waals surface area (Å²) in [6.45, 7) is 0. The molecule has 0 spiro atoms. The maximum Gasteiger partial charge on any atom is 0.118 e. The Morgan fingerprint density at radius 3 is 2.71 bits per heavy atom. The molecule has 1 aromatic carbocycles. The van der Waals surface area contributed by atoms with Crippen LogP contribution in [0.15, 0.2) is 36.4 Å². The zero-order chi connectivity index (χ0) is 9.80. The number of hydrogen-bond donors (Lipinski definition) is 1. The van der Waals surface area contributed by atoms with Crippen molar-refractivity contribution in [1.29, 1.82) is 0 Å². The van der Waals surface area contributed by atoms with Crippen LogP contribution in [0.4, 0.5) is 0 Å². The van der Waals surface area contributed by atoms with E-state index in [9.17, 15) is 0 Å². The third kappa shape index (κ3) is 1.86. The van der Waals surface area contributed by atoms with Gasteiger partial charge in [0.15, 0.2) is 0 Å². The highest BCUT2D eigenvalue weighted by atomic mass is 17.1. The van der Waals surface area contributed by atoms with Gasteiger partial charge in [0.05, 0.1) is 0 Å². The highest BCUT2D eigenvalue weighted by Crippen LogP contribution is 2.28. The lowest BCUT2D eigenvalue weighted by Crippen LogP contribution is -2.16. The van der Waals surface area contributed by atoms with Crippen molar-refractivity contribution in [2.75, 3.05) is 0 Å². The lowest BCUT2D eigenvalue weighted by molar-refractivity contribution is -0.264. The number of benzene rings is 1. The molecule has 0 radical (unpaired) electrons. The average molecular weight is 190 g/mol. The van der Waals surface area contributed by atoms with E-state index in [-0.39, 0.29) is 6.10 Å². The summed E-state index contributed by atoms with van der Waals surface area (Å²) in [5.41, 5.74) is 2.26. The Balaban J connectivity index is 2.28. The average Bonchev–Trinajstić information content (AvgIpc) is 2.30. The van der Waals surface area contributed by atoms with Crippen molar-refractivity contribution in [3.05, 3.63) is 42.0 Å². The second-order valence-electron chi connectivity index (χ2n) is 3.55. The van der Waals surface area contributed by atoms with E-state index >= 15 is 0 Å². The van der Waals surface area contributed by atoms with E-state index in [0.717, 1.165) is 30.4 Å². The van der Waals surface area contributed by atoms with Crippen LogP contribution in [0.25, 0.3) is 5.57 Å². The molecule has 0 saturated heterocycles. The van der Waals surface area contributed by atoms with Gasteiger partial charge in [-0.15, -0.1) is 0 Å². The predicted octanol–water partition coefficient (Wildman–Crippen LogP) is 3.11. The van der Waals surface area contributed by atoms with Crippen LogP contribution in [0.3, 0.4) is 0 Å². The van der Waals surface area contributed by atoms with Crippen LogP contribution in [-0.2, 0) is 4.89 Å². The van der Waals surface area contributed by atoms with E-state index in [0.29, 0.717) is 0 Å². The van der Waals surface area contributed by atoms with Crippen molar-refractivity contribution in [2.45, 2.75) is 25.4 Å². The molecule has 1 aromatic rings. The molecule has 2 rings (SSSR count). The van der Waals surface area contributed by atoms with Crippen molar-refractivity contribution in [3.8, 4) is 0 Å². The maximum absolute atomic E-state index is 8.78. The predicted molar refractivity (Wildman–Crippen MR) is 55.8 cm³/mol. The molecule has 1 atom stereocenters. The van der Waals surface area contributed by atoms with Crippen molar-refractivity contribution >= 4 is 5.57 Å². The van der Waals surface area contributed by atoms with Gasteiger partial charge < -0.3 is 0 Å². The second-order valence-corrected chi connectivity index (χ2v) is 3.55.